The van der Waals surface area contributed by atoms with Gasteiger partial charge in [-0.3, -0.25) is 9.59 Å². The van der Waals surface area contributed by atoms with Crippen LogP contribution < -0.4 is 15.0 Å². The molecular formula is C22H25N3O3. The maximum atomic E-state index is 13.3. The van der Waals surface area contributed by atoms with Gasteiger partial charge in [-0.1, -0.05) is 31.0 Å². The molecule has 2 aromatic rings. The van der Waals surface area contributed by atoms with Crippen LogP contribution in [0.1, 0.15) is 31.2 Å². The molecule has 1 N–H and O–H groups in total. The van der Waals surface area contributed by atoms with E-state index in [9.17, 15) is 9.59 Å². The number of rotatable bonds is 4. The predicted molar refractivity (Wildman–Crippen MR) is 107 cm³/mol. The van der Waals surface area contributed by atoms with Crippen molar-refractivity contribution in [1.82, 2.24) is 4.98 Å². The Labute approximate surface area is 164 Å². The van der Waals surface area contributed by atoms with Crippen molar-refractivity contribution in [2.24, 2.45) is 11.8 Å². The highest BCUT2D eigenvalue weighted by Crippen LogP contribution is 2.36. The van der Waals surface area contributed by atoms with E-state index in [2.05, 4.69) is 16.4 Å². The van der Waals surface area contributed by atoms with E-state index in [4.69, 9.17) is 4.74 Å². The molecule has 1 aliphatic carbocycles. The molecule has 0 bridgehead atoms. The average Bonchev–Trinajstić information content (AvgIpc) is 3.18. The van der Waals surface area contributed by atoms with Crippen molar-refractivity contribution in [3.05, 3.63) is 48.2 Å². The lowest BCUT2D eigenvalue weighted by molar-refractivity contribution is -0.132. The Hall–Kier alpha value is -2.89. The molecule has 0 radical (unpaired) electrons. The molecule has 2 heterocycles. The summed E-state index contributed by atoms with van der Waals surface area (Å²) in [6.45, 7) is 0.700. The number of anilines is 2. The molecule has 146 valence electrons. The van der Waals surface area contributed by atoms with Crippen LogP contribution in [0.2, 0.25) is 0 Å². The molecular weight excluding hydrogens is 354 g/mol. The van der Waals surface area contributed by atoms with Gasteiger partial charge >= 0.3 is 0 Å². The summed E-state index contributed by atoms with van der Waals surface area (Å²) in [7, 11) is 1.55. The average molecular weight is 379 g/mol. The monoisotopic (exact) mass is 379 g/mol. The van der Waals surface area contributed by atoms with Gasteiger partial charge in [-0.25, -0.2) is 4.98 Å². The van der Waals surface area contributed by atoms with E-state index in [1.165, 1.54) is 5.56 Å². The summed E-state index contributed by atoms with van der Waals surface area (Å²) in [5, 5.41) is 2.93. The van der Waals surface area contributed by atoms with E-state index in [1.807, 2.05) is 23.1 Å². The third-order valence-corrected chi connectivity index (χ3v) is 5.79. The minimum Gasteiger partial charge on any atom is -0.481 e. The fourth-order valence-electron chi connectivity index (χ4n) is 4.32. The molecule has 0 saturated heterocycles. The Bertz CT molecular complexity index is 866. The number of ether oxygens (including phenoxy) is 1. The molecule has 28 heavy (non-hydrogen) atoms. The summed E-state index contributed by atoms with van der Waals surface area (Å²) < 4.78 is 5.05. The van der Waals surface area contributed by atoms with E-state index in [0.717, 1.165) is 37.8 Å². The highest BCUT2D eigenvalue weighted by molar-refractivity contribution is 6.02. The van der Waals surface area contributed by atoms with Crippen molar-refractivity contribution in [1.29, 1.82) is 0 Å². The molecule has 0 unspecified atom stereocenters. The zero-order valence-corrected chi connectivity index (χ0v) is 16.1. The van der Waals surface area contributed by atoms with Crippen LogP contribution in [0, 0.1) is 11.8 Å². The van der Waals surface area contributed by atoms with Gasteiger partial charge in [-0.05, 0) is 37.0 Å². The SMILES string of the molecule is COc1ccc(NC(=O)[C@H]2CCCC[C@@H]2C(=O)N2CCc3ccccc32)cn1. The summed E-state index contributed by atoms with van der Waals surface area (Å²) >= 11 is 0. The molecule has 2 aliphatic rings. The molecule has 6 nitrogen and oxygen atoms in total. The zero-order chi connectivity index (χ0) is 19.5. The van der Waals surface area contributed by atoms with Gasteiger partial charge in [0, 0.05) is 24.2 Å². The summed E-state index contributed by atoms with van der Waals surface area (Å²) in [5.74, 6) is -0.103. The summed E-state index contributed by atoms with van der Waals surface area (Å²) in [6.07, 6.45) is 5.91. The number of nitrogens with one attached hydrogen (secondary N) is 1. The number of amides is 2. The summed E-state index contributed by atoms with van der Waals surface area (Å²) in [5.41, 5.74) is 2.82. The van der Waals surface area contributed by atoms with Crippen LogP contribution >= 0.6 is 0 Å². The molecule has 1 aliphatic heterocycles. The molecule has 2 atom stereocenters. The predicted octanol–water partition coefficient (Wildman–Crippen LogP) is 3.42. The number of hydrogen-bond acceptors (Lipinski definition) is 4. The van der Waals surface area contributed by atoms with E-state index < -0.39 is 0 Å². The minimum atomic E-state index is -0.309. The number of methoxy groups -OCH3 is 1. The number of pyridine rings is 1. The Kier molecular flexibility index (Phi) is 5.28. The Morgan fingerprint density at radius 2 is 1.89 bits per heavy atom. The molecule has 2 amide bonds. The highest BCUT2D eigenvalue weighted by Gasteiger charge is 2.39. The van der Waals surface area contributed by atoms with Gasteiger partial charge in [0.15, 0.2) is 0 Å². The van der Waals surface area contributed by atoms with Crippen LogP contribution in [-0.4, -0.2) is 30.5 Å². The van der Waals surface area contributed by atoms with E-state index >= 15 is 0 Å². The first-order valence-electron chi connectivity index (χ1n) is 9.87. The minimum absolute atomic E-state index is 0.0812. The van der Waals surface area contributed by atoms with Crippen molar-refractivity contribution in [3.63, 3.8) is 0 Å². The quantitative estimate of drug-likeness (QED) is 0.884. The van der Waals surface area contributed by atoms with E-state index in [0.29, 0.717) is 18.1 Å². The van der Waals surface area contributed by atoms with Crippen LogP contribution in [0.5, 0.6) is 5.88 Å². The van der Waals surface area contributed by atoms with Crippen molar-refractivity contribution < 1.29 is 14.3 Å². The van der Waals surface area contributed by atoms with E-state index in [-0.39, 0.29) is 23.7 Å². The van der Waals surface area contributed by atoms with Gasteiger partial charge in [0.1, 0.15) is 0 Å². The normalized spacial score (nSPS) is 21.1. The van der Waals surface area contributed by atoms with Gasteiger partial charge in [-0.2, -0.15) is 0 Å². The first kappa shape index (κ1) is 18.5. The standard InChI is InChI=1S/C22H25N3O3/c1-28-20-11-10-16(14-23-20)24-21(26)17-7-3-4-8-18(17)22(27)25-13-12-15-6-2-5-9-19(15)25/h2,5-6,9-11,14,17-18H,3-4,7-8,12-13H2,1H3,(H,24,26)/t17-,18-/m0/s1. The lowest BCUT2D eigenvalue weighted by Crippen LogP contribution is -2.43. The number of carbonyl (C=O) groups excluding carboxylic acids is 2. The number of para-hydroxylation sites is 1. The topological polar surface area (TPSA) is 71.5 Å². The molecule has 4 rings (SSSR count). The van der Waals surface area contributed by atoms with Crippen LogP contribution in [-0.2, 0) is 16.0 Å². The van der Waals surface area contributed by atoms with Crippen molar-refractivity contribution in [3.8, 4) is 5.88 Å². The number of nitrogens with zero attached hydrogens (tertiary/aromatic N) is 2. The molecule has 6 heteroatoms. The molecule has 0 spiro atoms. The fraction of sp³-hybridized carbons (Fsp3) is 0.409. The van der Waals surface area contributed by atoms with Gasteiger partial charge in [-0.15, -0.1) is 0 Å². The summed E-state index contributed by atoms with van der Waals surface area (Å²) in [4.78, 5) is 32.3. The highest BCUT2D eigenvalue weighted by atomic mass is 16.5. The van der Waals surface area contributed by atoms with Crippen LogP contribution in [0.3, 0.4) is 0 Å². The second-order valence-corrected chi connectivity index (χ2v) is 7.44. The molecule has 1 aromatic carbocycles. The zero-order valence-electron chi connectivity index (χ0n) is 16.1. The number of fused-ring (bicyclic) bond motifs is 1. The van der Waals surface area contributed by atoms with Crippen molar-refractivity contribution in [2.75, 3.05) is 23.9 Å². The Morgan fingerprint density at radius 3 is 2.64 bits per heavy atom. The Morgan fingerprint density at radius 1 is 1.11 bits per heavy atom. The molecule has 1 aromatic heterocycles. The van der Waals surface area contributed by atoms with Crippen molar-refractivity contribution >= 4 is 23.2 Å². The van der Waals surface area contributed by atoms with Crippen LogP contribution in [0.25, 0.3) is 0 Å². The van der Waals surface area contributed by atoms with Gasteiger partial charge in [0.2, 0.25) is 17.7 Å². The lowest BCUT2D eigenvalue weighted by atomic mass is 9.77. The maximum Gasteiger partial charge on any atom is 0.230 e. The molecule has 1 fully saturated rings. The number of benzene rings is 1. The second-order valence-electron chi connectivity index (χ2n) is 7.44. The van der Waals surface area contributed by atoms with Crippen LogP contribution in [0.4, 0.5) is 11.4 Å². The first-order chi connectivity index (χ1) is 13.7. The van der Waals surface area contributed by atoms with Crippen LogP contribution in [0.15, 0.2) is 42.6 Å². The van der Waals surface area contributed by atoms with E-state index in [1.54, 1.807) is 25.4 Å². The van der Waals surface area contributed by atoms with Gasteiger partial charge in [0.25, 0.3) is 0 Å². The second kappa shape index (κ2) is 8.00. The third-order valence-electron chi connectivity index (χ3n) is 5.79. The number of aromatic nitrogens is 1. The van der Waals surface area contributed by atoms with Gasteiger partial charge in [0.05, 0.1) is 24.9 Å². The number of hydrogen-bond donors (Lipinski definition) is 1. The first-order valence-corrected chi connectivity index (χ1v) is 9.87. The number of carbonyl (C=O) groups is 2. The maximum absolute atomic E-state index is 13.3. The summed E-state index contributed by atoms with van der Waals surface area (Å²) in [6, 6.07) is 11.5. The third kappa shape index (κ3) is 3.59. The van der Waals surface area contributed by atoms with Gasteiger partial charge < -0.3 is 15.0 Å². The largest absolute Gasteiger partial charge is 0.481 e. The smallest absolute Gasteiger partial charge is 0.230 e. The fourth-order valence-corrected chi connectivity index (χ4v) is 4.32. The van der Waals surface area contributed by atoms with Crippen molar-refractivity contribution in [2.45, 2.75) is 32.1 Å². The molecule has 1 saturated carbocycles. The lowest BCUT2D eigenvalue weighted by Gasteiger charge is -2.32. The Balaban J connectivity index is 1.49.